The van der Waals surface area contributed by atoms with Gasteiger partial charge in [-0.25, -0.2) is 0 Å². The summed E-state index contributed by atoms with van der Waals surface area (Å²) in [6, 6.07) is 0. The minimum Gasteiger partial charge on any atom is -0.251 e. The molecule has 0 radical (unpaired) electrons. The summed E-state index contributed by atoms with van der Waals surface area (Å²) in [5, 5.41) is 0. The second kappa shape index (κ2) is 3.14. The lowest BCUT2D eigenvalue weighted by atomic mass is 9.88. The van der Waals surface area contributed by atoms with E-state index in [-0.39, 0.29) is 12.8 Å². The fourth-order valence-corrected chi connectivity index (χ4v) is 2.22. The number of halogens is 4. The van der Waals surface area contributed by atoms with Crippen LogP contribution in [0, 0.1) is 17.3 Å². The molecule has 0 heterocycles. The van der Waals surface area contributed by atoms with E-state index in [4.69, 9.17) is 0 Å². The molecule has 1 saturated carbocycles. The van der Waals surface area contributed by atoms with E-state index in [0.717, 1.165) is 0 Å². The summed E-state index contributed by atoms with van der Waals surface area (Å²) in [6.07, 6.45) is -4.00. The molecule has 0 N–H and O–H groups in total. The number of hydrogen-bond donors (Lipinski definition) is 0. The van der Waals surface area contributed by atoms with Gasteiger partial charge in [-0.05, 0) is 24.7 Å². The summed E-state index contributed by atoms with van der Waals surface area (Å²) in [7, 11) is 0. The van der Waals surface area contributed by atoms with Gasteiger partial charge in [0.05, 0.1) is 12.1 Å². The first-order valence-electron chi connectivity index (χ1n) is 4.49. The van der Waals surface area contributed by atoms with E-state index in [1.54, 1.807) is 13.8 Å². The quantitative estimate of drug-likeness (QED) is 0.608. The first-order valence-corrected chi connectivity index (χ1v) is 4.49. The molecule has 0 aromatic rings. The highest BCUT2D eigenvalue weighted by atomic mass is 19.4. The van der Waals surface area contributed by atoms with Crippen molar-refractivity contribution in [2.24, 2.45) is 17.3 Å². The highest BCUT2D eigenvalue weighted by Crippen LogP contribution is 2.67. The van der Waals surface area contributed by atoms with E-state index in [0.29, 0.717) is 0 Å². The van der Waals surface area contributed by atoms with Gasteiger partial charge in [0.25, 0.3) is 0 Å². The largest absolute Gasteiger partial charge is 0.395 e. The predicted molar refractivity (Wildman–Crippen MR) is 42.0 cm³/mol. The Morgan fingerprint density at radius 1 is 1.38 bits per heavy atom. The fourth-order valence-electron chi connectivity index (χ4n) is 2.22. The molecule has 4 heteroatoms. The molecule has 2 unspecified atom stereocenters. The molecular weight excluding hydrogens is 184 g/mol. The van der Waals surface area contributed by atoms with Crippen LogP contribution in [0.2, 0.25) is 0 Å². The Hall–Kier alpha value is -0.280. The zero-order valence-electron chi connectivity index (χ0n) is 7.79. The maximum atomic E-state index is 12.6. The highest BCUT2D eigenvalue weighted by molar-refractivity contribution is 5.08. The van der Waals surface area contributed by atoms with Crippen molar-refractivity contribution in [1.29, 1.82) is 0 Å². The van der Waals surface area contributed by atoms with Crippen LogP contribution in [0.1, 0.15) is 26.7 Å². The van der Waals surface area contributed by atoms with Crippen molar-refractivity contribution < 1.29 is 17.6 Å². The van der Waals surface area contributed by atoms with Crippen LogP contribution in [0.15, 0.2) is 0 Å². The summed E-state index contributed by atoms with van der Waals surface area (Å²) in [5.74, 6) is -0.929. The van der Waals surface area contributed by atoms with Crippen LogP contribution in [0.3, 0.4) is 0 Å². The van der Waals surface area contributed by atoms with Gasteiger partial charge in [0.1, 0.15) is 0 Å². The van der Waals surface area contributed by atoms with E-state index in [2.05, 4.69) is 0 Å². The van der Waals surface area contributed by atoms with E-state index >= 15 is 0 Å². The molecule has 0 aromatic heterocycles. The summed E-state index contributed by atoms with van der Waals surface area (Å²) in [6.45, 7) is 2.48. The van der Waals surface area contributed by atoms with Crippen molar-refractivity contribution in [2.45, 2.75) is 32.9 Å². The number of rotatable bonds is 3. The van der Waals surface area contributed by atoms with Gasteiger partial charge in [0.2, 0.25) is 0 Å². The lowest BCUT2D eigenvalue weighted by Gasteiger charge is -2.24. The van der Waals surface area contributed by atoms with Gasteiger partial charge in [-0.15, -0.1) is 0 Å². The number of hydrogen-bond acceptors (Lipinski definition) is 0. The second-order valence-electron chi connectivity index (χ2n) is 4.07. The summed E-state index contributed by atoms with van der Waals surface area (Å²) < 4.78 is 49.7. The third-order valence-corrected chi connectivity index (χ3v) is 3.17. The lowest BCUT2D eigenvalue weighted by molar-refractivity contribution is -0.205. The molecule has 0 aliphatic heterocycles. The van der Waals surface area contributed by atoms with Crippen molar-refractivity contribution in [2.75, 3.05) is 6.67 Å². The maximum absolute atomic E-state index is 12.6. The third kappa shape index (κ3) is 1.55. The minimum absolute atomic E-state index is 0.0533. The van der Waals surface area contributed by atoms with Crippen molar-refractivity contribution >= 4 is 0 Å². The first-order chi connectivity index (χ1) is 5.86. The van der Waals surface area contributed by atoms with Gasteiger partial charge in [-0.1, -0.05) is 13.8 Å². The Kier molecular flexibility index (Phi) is 2.61. The Morgan fingerprint density at radius 2 is 1.92 bits per heavy atom. The van der Waals surface area contributed by atoms with Gasteiger partial charge >= 0.3 is 6.18 Å². The Morgan fingerprint density at radius 3 is 2.15 bits per heavy atom. The molecule has 0 saturated heterocycles. The molecule has 1 rings (SSSR count). The first kappa shape index (κ1) is 10.8. The molecule has 13 heavy (non-hydrogen) atoms. The fraction of sp³-hybridized carbons (Fsp3) is 1.00. The van der Waals surface area contributed by atoms with Crippen LogP contribution in [0.4, 0.5) is 17.6 Å². The Balaban J connectivity index is 2.72. The second-order valence-corrected chi connectivity index (χ2v) is 4.07. The summed E-state index contributed by atoms with van der Waals surface area (Å²) >= 11 is 0. The third-order valence-electron chi connectivity index (χ3n) is 3.17. The van der Waals surface area contributed by atoms with Crippen molar-refractivity contribution in [3.05, 3.63) is 0 Å². The zero-order valence-corrected chi connectivity index (χ0v) is 7.79. The average Bonchev–Trinajstić information content (AvgIpc) is 2.62. The van der Waals surface area contributed by atoms with E-state index in [1.807, 2.05) is 0 Å². The Bertz CT molecular complexity index is 185. The van der Waals surface area contributed by atoms with Crippen LogP contribution in [0.25, 0.3) is 0 Å². The minimum atomic E-state index is -4.17. The molecule has 0 aromatic carbocycles. The smallest absolute Gasteiger partial charge is 0.251 e. The van der Waals surface area contributed by atoms with Crippen LogP contribution < -0.4 is 0 Å². The van der Waals surface area contributed by atoms with E-state index in [1.165, 1.54) is 0 Å². The molecule has 78 valence electrons. The molecule has 0 spiro atoms. The molecule has 1 aliphatic rings. The van der Waals surface area contributed by atoms with Crippen molar-refractivity contribution in [3.8, 4) is 0 Å². The van der Waals surface area contributed by atoms with E-state index < -0.39 is 30.1 Å². The van der Waals surface area contributed by atoms with Crippen LogP contribution in [-0.2, 0) is 0 Å². The van der Waals surface area contributed by atoms with Gasteiger partial charge in [0, 0.05) is 0 Å². The standard InChI is InChI=1S/C9H14F4/c1-6(2)8(9(11,12)13)5-7(8)3-4-10/h6-7H,3-5H2,1-2H3. The maximum Gasteiger partial charge on any atom is 0.395 e. The molecule has 1 fully saturated rings. The number of alkyl halides is 4. The summed E-state index contributed by atoms with van der Waals surface area (Å²) in [5.41, 5.74) is -1.58. The van der Waals surface area contributed by atoms with Crippen molar-refractivity contribution in [1.82, 2.24) is 0 Å². The topological polar surface area (TPSA) is 0 Å². The van der Waals surface area contributed by atoms with Crippen LogP contribution in [0.5, 0.6) is 0 Å². The average molecular weight is 198 g/mol. The van der Waals surface area contributed by atoms with Crippen LogP contribution >= 0.6 is 0 Å². The van der Waals surface area contributed by atoms with Gasteiger partial charge in [-0.2, -0.15) is 13.2 Å². The van der Waals surface area contributed by atoms with Gasteiger partial charge < -0.3 is 0 Å². The molecule has 0 nitrogen and oxygen atoms in total. The van der Waals surface area contributed by atoms with Gasteiger partial charge in [-0.3, -0.25) is 4.39 Å². The normalized spacial score (nSPS) is 33.9. The lowest BCUT2D eigenvalue weighted by Crippen LogP contribution is -2.31. The van der Waals surface area contributed by atoms with Crippen molar-refractivity contribution in [3.63, 3.8) is 0 Å². The molecule has 1 aliphatic carbocycles. The molecule has 0 amide bonds. The molecular formula is C9H14F4. The molecule has 0 bridgehead atoms. The van der Waals surface area contributed by atoms with Crippen LogP contribution in [-0.4, -0.2) is 12.9 Å². The SMILES string of the molecule is CC(C)C1(C(F)(F)F)CC1CCF. The monoisotopic (exact) mass is 198 g/mol. The zero-order chi connectivity index (χ0) is 10.3. The predicted octanol–water partition coefficient (Wildman–Crippen LogP) is 3.57. The highest BCUT2D eigenvalue weighted by Gasteiger charge is 2.71. The summed E-state index contributed by atoms with van der Waals surface area (Å²) in [4.78, 5) is 0. The Labute approximate surface area is 75.3 Å². The van der Waals surface area contributed by atoms with Gasteiger partial charge in [0.15, 0.2) is 0 Å². The molecule has 2 atom stereocenters. The van der Waals surface area contributed by atoms with E-state index in [9.17, 15) is 17.6 Å².